The van der Waals surface area contributed by atoms with Gasteiger partial charge in [-0.1, -0.05) is 11.3 Å². The number of amides is 1. The number of anilines is 1. The largest absolute Gasteiger partial charge is 0.462 e. The summed E-state index contributed by atoms with van der Waals surface area (Å²) in [6, 6.07) is 5.09. The predicted molar refractivity (Wildman–Crippen MR) is 99.6 cm³/mol. The van der Waals surface area contributed by atoms with Crippen molar-refractivity contribution >= 4 is 51.4 Å². The third-order valence-electron chi connectivity index (χ3n) is 3.05. The van der Waals surface area contributed by atoms with Crippen molar-refractivity contribution in [3.05, 3.63) is 50.5 Å². The molecule has 136 valence electrons. The molecule has 0 fully saturated rings. The fraction of sp³-hybridized carbons (Fsp3) is 0.200. The molecule has 0 aliphatic rings. The van der Waals surface area contributed by atoms with Crippen LogP contribution in [-0.4, -0.2) is 33.5 Å². The number of aromatic nitrogens is 1. The summed E-state index contributed by atoms with van der Waals surface area (Å²) in [6.45, 7) is 3.62. The van der Waals surface area contributed by atoms with E-state index in [-0.39, 0.29) is 23.0 Å². The highest BCUT2D eigenvalue weighted by Gasteiger charge is 2.17. The molecule has 0 atom stereocenters. The molecule has 0 bridgehead atoms. The molecule has 1 aromatic carbocycles. The van der Waals surface area contributed by atoms with E-state index >= 15 is 0 Å². The van der Waals surface area contributed by atoms with Gasteiger partial charge in [0.25, 0.3) is 11.6 Å². The highest BCUT2D eigenvalue weighted by Crippen LogP contribution is 2.23. The van der Waals surface area contributed by atoms with Crippen molar-refractivity contribution in [3.8, 4) is 0 Å². The average Bonchev–Trinajstić information content (AvgIpc) is 2.95. The molecule has 1 amide bonds. The van der Waals surface area contributed by atoms with Gasteiger partial charge in [-0.05, 0) is 38.2 Å². The van der Waals surface area contributed by atoms with Gasteiger partial charge in [-0.3, -0.25) is 20.2 Å². The summed E-state index contributed by atoms with van der Waals surface area (Å²) in [5.41, 5.74) is 0.578. The molecule has 0 unspecified atom stereocenters. The first-order valence-electron chi connectivity index (χ1n) is 7.33. The summed E-state index contributed by atoms with van der Waals surface area (Å²) >= 11 is 6.10. The second-order valence-corrected chi connectivity index (χ2v) is 6.27. The number of carbonyl (C=O) groups is 2. The molecule has 26 heavy (non-hydrogen) atoms. The Bertz CT molecular complexity index is 863. The summed E-state index contributed by atoms with van der Waals surface area (Å²) in [4.78, 5) is 38.4. The highest BCUT2D eigenvalue weighted by atomic mass is 32.1. The Hall–Kier alpha value is -2.92. The fourth-order valence-electron chi connectivity index (χ4n) is 1.87. The number of thiocarbonyl (C=S) groups is 1. The number of hydrogen-bond acceptors (Lipinski definition) is 8. The minimum absolute atomic E-state index is 0.0162. The third-order valence-corrected chi connectivity index (χ3v) is 4.30. The maximum Gasteiger partial charge on any atom is 0.350 e. The highest BCUT2D eigenvalue weighted by molar-refractivity contribution is 7.80. The summed E-state index contributed by atoms with van der Waals surface area (Å²) in [5.74, 6) is -1.01. The molecule has 2 aromatic rings. The molecule has 2 rings (SSSR count). The Labute approximate surface area is 157 Å². The number of rotatable bonds is 5. The zero-order chi connectivity index (χ0) is 19.3. The summed E-state index contributed by atoms with van der Waals surface area (Å²) in [5, 5.41) is 16.1. The molecular formula is C15H14N4O5S2. The SMILES string of the molecule is CCOC(=O)c1sc(NC(=S)NC(=O)c2ccc([N+](=O)[O-])cc2)nc1C. The number of nitro benzene ring substituents is 1. The van der Waals surface area contributed by atoms with E-state index in [9.17, 15) is 19.7 Å². The number of benzene rings is 1. The normalized spacial score (nSPS) is 10.1. The lowest BCUT2D eigenvalue weighted by Gasteiger charge is -2.07. The van der Waals surface area contributed by atoms with Gasteiger partial charge in [-0.2, -0.15) is 0 Å². The van der Waals surface area contributed by atoms with E-state index in [1.165, 1.54) is 24.3 Å². The number of nitrogens with zero attached hydrogens (tertiary/aromatic N) is 2. The summed E-state index contributed by atoms with van der Waals surface area (Å²) in [7, 11) is 0. The second kappa shape index (κ2) is 8.45. The van der Waals surface area contributed by atoms with Crippen molar-refractivity contribution in [3.63, 3.8) is 0 Å². The lowest BCUT2D eigenvalue weighted by molar-refractivity contribution is -0.384. The van der Waals surface area contributed by atoms with Crippen molar-refractivity contribution in [2.75, 3.05) is 11.9 Å². The van der Waals surface area contributed by atoms with Crippen LogP contribution in [0.3, 0.4) is 0 Å². The molecule has 1 heterocycles. The van der Waals surface area contributed by atoms with Crippen LogP contribution in [0.5, 0.6) is 0 Å². The van der Waals surface area contributed by atoms with Crippen LogP contribution < -0.4 is 10.6 Å². The molecule has 2 N–H and O–H groups in total. The third kappa shape index (κ3) is 4.80. The number of thiazole rings is 1. The molecule has 0 saturated heterocycles. The number of nitro groups is 1. The first kappa shape index (κ1) is 19.4. The molecule has 0 radical (unpaired) electrons. The van der Waals surface area contributed by atoms with Crippen molar-refractivity contribution in [2.24, 2.45) is 0 Å². The Balaban J connectivity index is 2.00. The number of ether oxygens (including phenoxy) is 1. The van der Waals surface area contributed by atoms with Gasteiger partial charge in [-0.15, -0.1) is 0 Å². The van der Waals surface area contributed by atoms with Gasteiger partial charge in [0.1, 0.15) is 4.88 Å². The van der Waals surface area contributed by atoms with Crippen molar-refractivity contribution in [1.29, 1.82) is 0 Å². The van der Waals surface area contributed by atoms with Crippen molar-refractivity contribution in [1.82, 2.24) is 10.3 Å². The van der Waals surface area contributed by atoms with Crippen LogP contribution in [0.4, 0.5) is 10.8 Å². The molecule has 1 aromatic heterocycles. The first-order valence-corrected chi connectivity index (χ1v) is 8.55. The van der Waals surface area contributed by atoms with Crippen LogP contribution in [0.15, 0.2) is 24.3 Å². The number of esters is 1. The molecule has 11 heteroatoms. The fourth-order valence-corrected chi connectivity index (χ4v) is 2.99. The van der Waals surface area contributed by atoms with E-state index in [1.54, 1.807) is 13.8 Å². The smallest absolute Gasteiger partial charge is 0.350 e. The second-order valence-electron chi connectivity index (χ2n) is 4.87. The number of aryl methyl sites for hydroxylation is 1. The lowest BCUT2D eigenvalue weighted by Crippen LogP contribution is -2.34. The Morgan fingerprint density at radius 1 is 1.35 bits per heavy atom. The van der Waals surface area contributed by atoms with Gasteiger partial charge in [-0.25, -0.2) is 9.78 Å². The molecule has 0 spiro atoms. The molecular weight excluding hydrogens is 380 g/mol. The number of non-ortho nitro benzene ring substituents is 1. The van der Waals surface area contributed by atoms with Crippen LogP contribution in [0, 0.1) is 17.0 Å². The minimum Gasteiger partial charge on any atom is -0.462 e. The standard InChI is InChI=1S/C15H14N4O5S2/c1-3-24-13(21)11-8(2)16-15(26-11)18-14(25)17-12(20)9-4-6-10(7-5-9)19(22)23/h4-7H,3H2,1-2H3,(H2,16,17,18,20,25). The summed E-state index contributed by atoms with van der Waals surface area (Å²) in [6.07, 6.45) is 0. The van der Waals surface area contributed by atoms with Crippen molar-refractivity contribution < 1.29 is 19.2 Å². The van der Waals surface area contributed by atoms with Crippen molar-refractivity contribution in [2.45, 2.75) is 13.8 Å². The van der Waals surface area contributed by atoms with Gasteiger partial charge in [0.15, 0.2) is 10.2 Å². The van der Waals surface area contributed by atoms with E-state index in [0.717, 1.165) is 11.3 Å². The summed E-state index contributed by atoms with van der Waals surface area (Å²) < 4.78 is 4.93. The van der Waals surface area contributed by atoms with Crippen LogP contribution in [-0.2, 0) is 4.74 Å². The van der Waals surface area contributed by atoms with E-state index in [4.69, 9.17) is 17.0 Å². The van der Waals surface area contributed by atoms with Gasteiger partial charge < -0.3 is 10.1 Å². The number of carbonyl (C=O) groups excluding carboxylic acids is 2. The maximum absolute atomic E-state index is 12.1. The van der Waals surface area contributed by atoms with Gasteiger partial charge >= 0.3 is 5.97 Å². The van der Waals surface area contributed by atoms with E-state index in [0.29, 0.717) is 15.7 Å². The van der Waals surface area contributed by atoms with Gasteiger partial charge in [0.05, 0.1) is 17.2 Å². The molecule has 0 aliphatic heterocycles. The average molecular weight is 394 g/mol. The first-order chi connectivity index (χ1) is 12.3. The minimum atomic E-state index is -0.556. The lowest BCUT2D eigenvalue weighted by atomic mass is 10.2. The molecule has 9 nitrogen and oxygen atoms in total. The van der Waals surface area contributed by atoms with Crippen LogP contribution in [0.1, 0.15) is 32.6 Å². The van der Waals surface area contributed by atoms with Crippen LogP contribution >= 0.6 is 23.6 Å². The topological polar surface area (TPSA) is 123 Å². The van der Waals surface area contributed by atoms with E-state index < -0.39 is 16.8 Å². The number of nitrogens with one attached hydrogen (secondary N) is 2. The van der Waals surface area contributed by atoms with E-state index in [1.807, 2.05) is 0 Å². The zero-order valence-corrected chi connectivity index (χ0v) is 15.4. The monoisotopic (exact) mass is 394 g/mol. The predicted octanol–water partition coefficient (Wildman–Crippen LogP) is 2.66. The van der Waals surface area contributed by atoms with Gasteiger partial charge in [0, 0.05) is 17.7 Å². The Kier molecular flexibility index (Phi) is 6.31. The van der Waals surface area contributed by atoms with Gasteiger partial charge in [0.2, 0.25) is 0 Å². The Morgan fingerprint density at radius 2 is 2.00 bits per heavy atom. The number of hydrogen-bond donors (Lipinski definition) is 2. The zero-order valence-electron chi connectivity index (χ0n) is 13.8. The molecule has 0 saturated carbocycles. The van der Waals surface area contributed by atoms with E-state index in [2.05, 4.69) is 15.6 Å². The van der Waals surface area contributed by atoms with Crippen LogP contribution in [0.25, 0.3) is 0 Å². The quantitative estimate of drug-likeness (QED) is 0.343. The Morgan fingerprint density at radius 3 is 2.58 bits per heavy atom. The molecule has 0 aliphatic carbocycles. The van der Waals surface area contributed by atoms with Crippen LogP contribution in [0.2, 0.25) is 0 Å². The maximum atomic E-state index is 12.1.